The quantitative estimate of drug-likeness (QED) is 0.349. The SMILES string of the molecule is COC(=O)c1ccccc1-c1ccc(/C=C2\C(=O)NC(=O)N(c3ccc(C)c(Cl)c3)C2=O)o1. The average Bonchev–Trinajstić information content (AvgIpc) is 3.27. The molecule has 0 atom stereocenters. The zero-order chi connectivity index (χ0) is 23.7. The number of amides is 4. The zero-order valence-corrected chi connectivity index (χ0v) is 18.3. The van der Waals surface area contributed by atoms with Crippen LogP contribution in [0.4, 0.5) is 10.5 Å². The van der Waals surface area contributed by atoms with Crippen LogP contribution in [0.2, 0.25) is 5.02 Å². The molecule has 1 N–H and O–H groups in total. The number of furan rings is 1. The lowest BCUT2D eigenvalue weighted by Crippen LogP contribution is -2.54. The van der Waals surface area contributed by atoms with Crippen LogP contribution in [-0.2, 0) is 14.3 Å². The van der Waals surface area contributed by atoms with Crippen LogP contribution in [0.1, 0.15) is 21.7 Å². The Hall–Kier alpha value is -4.17. The second-order valence-electron chi connectivity index (χ2n) is 7.13. The maximum Gasteiger partial charge on any atom is 0.338 e. The van der Waals surface area contributed by atoms with Crippen molar-refractivity contribution < 1.29 is 28.3 Å². The molecule has 166 valence electrons. The van der Waals surface area contributed by atoms with Gasteiger partial charge >= 0.3 is 12.0 Å². The van der Waals surface area contributed by atoms with E-state index >= 15 is 0 Å². The van der Waals surface area contributed by atoms with Crippen LogP contribution in [-0.4, -0.2) is 30.9 Å². The van der Waals surface area contributed by atoms with Crippen LogP contribution >= 0.6 is 11.6 Å². The second-order valence-corrected chi connectivity index (χ2v) is 7.54. The monoisotopic (exact) mass is 464 g/mol. The molecule has 4 rings (SSSR count). The number of nitrogens with zero attached hydrogens (tertiary/aromatic N) is 1. The van der Waals surface area contributed by atoms with Crippen molar-refractivity contribution in [2.75, 3.05) is 12.0 Å². The Morgan fingerprint density at radius 2 is 1.85 bits per heavy atom. The molecule has 0 bridgehead atoms. The van der Waals surface area contributed by atoms with E-state index in [1.807, 2.05) is 0 Å². The molecule has 0 unspecified atom stereocenters. The van der Waals surface area contributed by atoms with E-state index in [4.69, 9.17) is 20.8 Å². The molecule has 2 heterocycles. The minimum atomic E-state index is -0.880. The first kappa shape index (κ1) is 22.0. The van der Waals surface area contributed by atoms with Crippen LogP contribution in [0.3, 0.4) is 0 Å². The summed E-state index contributed by atoms with van der Waals surface area (Å²) >= 11 is 6.13. The number of ether oxygens (including phenoxy) is 1. The summed E-state index contributed by atoms with van der Waals surface area (Å²) < 4.78 is 10.6. The summed E-state index contributed by atoms with van der Waals surface area (Å²) in [6.45, 7) is 1.78. The molecule has 2 aromatic carbocycles. The number of halogens is 1. The number of hydrogen-bond acceptors (Lipinski definition) is 6. The van der Waals surface area contributed by atoms with Crippen molar-refractivity contribution in [3.63, 3.8) is 0 Å². The number of imide groups is 2. The van der Waals surface area contributed by atoms with E-state index < -0.39 is 23.8 Å². The number of rotatable bonds is 4. The molecule has 1 saturated heterocycles. The predicted octanol–water partition coefficient (Wildman–Crippen LogP) is 4.36. The van der Waals surface area contributed by atoms with E-state index in [9.17, 15) is 19.2 Å². The van der Waals surface area contributed by atoms with Crippen LogP contribution in [0.5, 0.6) is 0 Å². The lowest BCUT2D eigenvalue weighted by atomic mass is 10.1. The number of benzene rings is 2. The minimum Gasteiger partial charge on any atom is -0.465 e. The van der Waals surface area contributed by atoms with Gasteiger partial charge in [0, 0.05) is 10.6 Å². The number of carbonyl (C=O) groups is 4. The van der Waals surface area contributed by atoms with Gasteiger partial charge in [0.15, 0.2) is 0 Å². The molecule has 3 aromatic rings. The molecule has 9 heteroatoms. The molecule has 0 aliphatic carbocycles. The van der Waals surface area contributed by atoms with Crippen molar-refractivity contribution in [1.29, 1.82) is 0 Å². The average molecular weight is 465 g/mol. The van der Waals surface area contributed by atoms with Gasteiger partial charge in [-0.3, -0.25) is 14.9 Å². The molecule has 1 fully saturated rings. The van der Waals surface area contributed by atoms with Gasteiger partial charge in [-0.25, -0.2) is 14.5 Å². The van der Waals surface area contributed by atoms with Crippen molar-refractivity contribution in [3.8, 4) is 11.3 Å². The Bertz CT molecular complexity index is 1340. The summed E-state index contributed by atoms with van der Waals surface area (Å²) in [5.41, 5.74) is 1.48. The van der Waals surface area contributed by atoms with Gasteiger partial charge in [0.1, 0.15) is 17.1 Å². The molecule has 1 aliphatic heterocycles. The van der Waals surface area contributed by atoms with Crippen LogP contribution in [0.15, 0.2) is 64.6 Å². The van der Waals surface area contributed by atoms with E-state index in [0.717, 1.165) is 10.5 Å². The highest BCUT2D eigenvalue weighted by atomic mass is 35.5. The molecule has 8 nitrogen and oxygen atoms in total. The highest BCUT2D eigenvalue weighted by molar-refractivity contribution is 6.39. The summed E-state index contributed by atoms with van der Waals surface area (Å²) in [5.74, 6) is -1.69. The van der Waals surface area contributed by atoms with Crippen LogP contribution in [0, 0.1) is 6.92 Å². The minimum absolute atomic E-state index is 0.180. The van der Waals surface area contributed by atoms with Gasteiger partial charge in [-0.15, -0.1) is 0 Å². The molecule has 0 saturated carbocycles. The fourth-order valence-corrected chi connectivity index (χ4v) is 3.49. The van der Waals surface area contributed by atoms with Crippen molar-refractivity contribution in [3.05, 3.63) is 82.1 Å². The molecular weight excluding hydrogens is 448 g/mol. The van der Waals surface area contributed by atoms with Crippen molar-refractivity contribution in [2.24, 2.45) is 0 Å². The van der Waals surface area contributed by atoms with Crippen LogP contribution in [0.25, 0.3) is 17.4 Å². The van der Waals surface area contributed by atoms with Gasteiger partial charge < -0.3 is 9.15 Å². The summed E-state index contributed by atoms with van der Waals surface area (Å²) in [7, 11) is 1.28. The van der Waals surface area contributed by atoms with Gasteiger partial charge in [-0.1, -0.05) is 35.9 Å². The van der Waals surface area contributed by atoms with Gasteiger partial charge in [0.2, 0.25) is 0 Å². The topological polar surface area (TPSA) is 106 Å². The number of hydrogen-bond donors (Lipinski definition) is 1. The normalized spacial score (nSPS) is 15.1. The van der Waals surface area contributed by atoms with Gasteiger partial charge in [0.25, 0.3) is 11.8 Å². The highest BCUT2D eigenvalue weighted by Crippen LogP contribution is 2.29. The van der Waals surface area contributed by atoms with Gasteiger partial charge in [0.05, 0.1) is 18.4 Å². The van der Waals surface area contributed by atoms with Crippen molar-refractivity contribution >= 4 is 47.2 Å². The molecule has 0 radical (unpaired) electrons. The number of urea groups is 1. The van der Waals surface area contributed by atoms with E-state index in [1.54, 1.807) is 55.5 Å². The van der Waals surface area contributed by atoms with E-state index in [1.165, 1.54) is 19.3 Å². The zero-order valence-electron chi connectivity index (χ0n) is 17.5. The first-order chi connectivity index (χ1) is 15.8. The molecule has 1 aromatic heterocycles. The van der Waals surface area contributed by atoms with E-state index in [-0.39, 0.29) is 17.0 Å². The first-order valence-corrected chi connectivity index (χ1v) is 10.1. The predicted molar refractivity (Wildman–Crippen MR) is 121 cm³/mol. The third-order valence-electron chi connectivity index (χ3n) is 5.03. The van der Waals surface area contributed by atoms with Crippen molar-refractivity contribution in [2.45, 2.75) is 6.92 Å². The second kappa shape index (κ2) is 8.76. The number of nitrogens with one attached hydrogen (secondary N) is 1. The Balaban J connectivity index is 1.70. The van der Waals surface area contributed by atoms with E-state index in [0.29, 0.717) is 21.9 Å². The number of aryl methyl sites for hydroxylation is 1. The fourth-order valence-electron chi connectivity index (χ4n) is 3.32. The first-order valence-electron chi connectivity index (χ1n) is 9.75. The molecule has 1 aliphatic rings. The fraction of sp³-hybridized carbons (Fsp3) is 0.0833. The number of carbonyl (C=O) groups excluding carboxylic acids is 4. The Kier molecular flexibility index (Phi) is 5.85. The third-order valence-corrected chi connectivity index (χ3v) is 5.43. The third kappa shape index (κ3) is 4.16. The Labute approximate surface area is 193 Å². The highest BCUT2D eigenvalue weighted by Gasteiger charge is 2.37. The number of anilines is 1. The Morgan fingerprint density at radius 1 is 1.09 bits per heavy atom. The summed E-state index contributed by atoms with van der Waals surface area (Å²) in [6.07, 6.45) is 1.23. The number of esters is 1. The maximum atomic E-state index is 13.0. The Morgan fingerprint density at radius 3 is 2.58 bits per heavy atom. The van der Waals surface area contributed by atoms with Crippen LogP contribution < -0.4 is 10.2 Å². The van der Waals surface area contributed by atoms with Gasteiger partial charge in [-0.05, 0) is 48.9 Å². The largest absolute Gasteiger partial charge is 0.465 e. The van der Waals surface area contributed by atoms with E-state index in [2.05, 4.69) is 5.32 Å². The lowest BCUT2D eigenvalue weighted by Gasteiger charge is -2.26. The molecular formula is C24H17ClN2O6. The smallest absolute Gasteiger partial charge is 0.338 e. The van der Waals surface area contributed by atoms with Gasteiger partial charge in [-0.2, -0.15) is 0 Å². The molecule has 4 amide bonds. The molecule has 0 spiro atoms. The molecule has 33 heavy (non-hydrogen) atoms. The summed E-state index contributed by atoms with van der Waals surface area (Å²) in [4.78, 5) is 50.7. The maximum absolute atomic E-state index is 13.0. The number of methoxy groups -OCH3 is 1. The summed E-state index contributed by atoms with van der Waals surface area (Å²) in [6, 6.07) is 13.6. The summed E-state index contributed by atoms with van der Waals surface area (Å²) in [5, 5.41) is 2.52. The number of barbiturate groups is 1. The standard InChI is InChI=1S/C24H17ClN2O6/c1-13-7-8-14(11-19(13)25)27-22(29)18(21(28)26-24(27)31)12-15-9-10-20(33-15)16-5-3-4-6-17(16)23(30)32-2/h3-12H,1-2H3,(H,26,28,31)/b18-12+. The lowest BCUT2D eigenvalue weighted by molar-refractivity contribution is -0.122. The van der Waals surface area contributed by atoms with Crippen molar-refractivity contribution in [1.82, 2.24) is 5.32 Å².